The minimum absolute atomic E-state index is 0.0290. The summed E-state index contributed by atoms with van der Waals surface area (Å²) in [4.78, 5) is 23.7. The van der Waals surface area contributed by atoms with Crippen molar-refractivity contribution in [1.82, 2.24) is 15.4 Å². The molecule has 9 nitrogen and oxygen atoms in total. The van der Waals surface area contributed by atoms with Gasteiger partial charge < -0.3 is 18.9 Å². The zero-order valence-electron chi connectivity index (χ0n) is 18.8. The minimum atomic E-state index is -4.72. The topological polar surface area (TPSA) is 113 Å². The van der Waals surface area contributed by atoms with Crippen molar-refractivity contribution in [2.75, 3.05) is 13.2 Å². The third-order valence-electron chi connectivity index (χ3n) is 5.29. The summed E-state index contributed by atoms with van der Waals surface area (Å²) in [6.45, 7) is 3.22. The zero-order valence-corrected chi connectivity index (χ0v) is 18.8. The summed E-state index contributed by atoms with van der Waals surface area (Å²) in [5.41, 5.74) is 0.898. The van der Waals surface area contributed by atoms with E-state index < -0.39 is 12.3 Å². The number of carbonyl (C=O) groups excluding carboxylic acids is 2. The van der Waals surface area contributed by atoms with Crippen LogP contribution in [0.1, 0.15) is 61.5 Å². The van der Waals surface area contributed by atoms with E-state index in [1.54, 1.807) is 26.0 Å². The number of esters is 2. The number of hydrogen-bond donors (Lipinski definition) is 1. The molecule has 0 radical (unpaired) electrons. The van der Waals surface area contributed by atoms with Crippen molar-refractivity contribution in [2.45, 2.75) is 57.9 Å². The number of benzene rings is 1. The average molecular weight is 485 g/mol. The van der Waals surface area contributed by atoms with E-state index in [1.165, 1.54) is 12.1 Å². The number of H-pyrrole nitrogens is 1. The van der Waals surface area contributed by atoms with E-state index in [1.807, 2.05) is 0 Å². The second-order valence-corrected chi connectivity index (χ2v) is 8.16. The van der Waals surface area contributed by atoms with Gasteiger partial charge in [0, 0.05) is 0 Å². The standard InChI is InChI=1S/C22H26F3N3O6/c1-13(2)20(29)31-11-12-32-21(30)18-19(27-28-26-18)33-16-7-3-14(4-8-16)15-5-9-17(10-6-15)34-22(23,24)25/h5-6,9-10,13-14,16H,3-4,7-8,11-12H2,1-2H3,(H,26,27,28)/t14-,16-. The quantitative estimate of drug-likeness (QED) is 0.416. The summed E-state index contributed by atoms with van der Waals surface area (Å²) in [5, 5.41) is 9.87. The lowest BCUT2D eigenvalue weighted by molar-refractivity contribution is -0.274. The number of ether oxygens (including phenoxy) is 4. The predicted octanol–water partition coefficient (Wildman–Crippen LogP) is 4.16. The molecule has 1 aliphatic carbocycles. The molecule has 186 valence electrons. The molecule has 1 aliphatic rings. The van der Waals surface area contributed by atoms with Crippen LogP contribution in [0.25, 0.3) is 0 Å². The first-order chi connectivity index (χ1) is 16.1. The van der Waals surface area contributed by atoms with Gasteiger partial charge in [0.25, 0.3) is 5.88 Å². The van der Waals surface area contributed by atoms with Crippen molar-refractivity contribution in [1.29, 1.82) is 0 Å². The van der Waals surface area contributed by atoms with Gasteiger partial charge in [-0.05, 0) is 49.3 Å². The van der Waals surface area contributed by atoms with Crippen LogP contribution in [0.3, 0.4) is 0 Å². The number of rotatable bonds is 9. The number of aromatic amines is 1. The molecule has 0 bridgehead atoms. The molecule has 12 heteroatoms. The fourth-order valence-corrected chi connectivity index (χ4v) is 3.56. The minimum Gasteiger partial charge on any atom is -0.472 e. The number of hydrogen-bond acceptors (Lipinski definition) is 8. The van der Waals surface area contributed by atoms with Crippen molar-refractivity contribution >= 4 is 11.9 Å². The van der Waals surface area contributed by atoms with Gasteiger partial charge >= 0.3 is 18.3 Å². The van der Waals surface area contributed by atoms with Crippen LogP contribution in [0.4, 0.5) is 13.2 Å². The maximum atomic E-state index is 12.3. The van der Waals surface area contributed by atoms with Crippen molar-refractivity contribution in [3.05, 3.63) is 35.5 Å². The Bertz CT molecular complexity index is 954. The Kier molecular flexibility index (Phi) is 8.35. The Morgan fingerprint density at radius 2 is 1.71 bits per heavy atom. The molecule has 1 fully saturated rings. The molecule has 0 amide bonds. The van der Waals surface area contributed by atoms with Gasteiger partial charge in [0.2, 0.25) is 5.69 Å². The number of nitrogens with one attached hydrogen (secondary N) is 1. The third-order valence-corrected chi connectivity index (χ3v) is 5.29. The summed E-state index contributed by atoms with van der Waals surface area (Å²) in [6, 6.07) is 5.89. The number of nitrogens with zero attached hydrogens (tertiary/aromatic N) is 2. The maximum absolute atomic E-state index is 12.3. The lowest BCUT2D eigenvalue weighted by Gasteiger charge is -2.28. The van der Waals surface area contributed by atoms with Crippen LogP contribution in [0, 0.1) is 5.92 Å². The van der Waals surface area contributed by atoms with E-state index in [9.17, 15) is 22.8 Å². The Morgan fingerprint density at radius 3 is 2.32 bits per heavy atom. The Morgan fingerprint density at radius 1 is 1.06 bits per heavy atom. The molecule has 0 saturated heterocycles. The Labute approximate surface area is 193 Å². The van der Waals surface area contributed by atoms with Crippen LogP contribution in [-0.2, 0) is 14.3 Å². The maximum Gasteiger partial charge on any atom is 0.573 e. The van der Waals surface area contributed by atoms with Crippen LogP contribution >= 0.6 is 0 Å². The average Bonchev–Trinajstić information content (AvgIpc) is 3.24. The van der Waals surface area contributed by atoms with Gasteiger partial charge in [0.1, 0.15) is 25.1 Å². The summed E-state index contributed by atoms with van der Waals surface area (Å²) in [7, 11) is 0. The van der Waals surface area contributed by atoms with E-state index in [-0.39, 0.29) is 54.4 Å². The van der Waals surface area contributed by atoms with Gasteiger partial charge in [-0.3, -0.25) is 4.79 Å². The van der Waals surface area contributed by atoms with E-state index in [4.69, 9.17) is 14.2 Å². The van der Waals surface area contributed by atoms with Crippen molar-refractivity contribution in [3.63, 3.8) is 0 Å². The molecule has 0 atom stereocenters. The number of alkyl halides is 3. The van der Waals surface area contributed by atoms with Gasteiger partial charge in [-0.2, -0.15) is 0 Å². The summed E-state index contributed by atoms with van der Waals surface area (Å²) >= 11 is 0. The zero-order chi connectivity index (χ0) is 24.7. The van der Waals surface area contributed by atoms with Crippen LogP contribution in [-0.4, -0.2) is 53.0 Å². The Balaban J connectivity index is 1.45. The van der Waals surface area contributed by atoms with Gasteiger partial charge in [0.05, 0.1) is 5.92 Å². The molecule has 2 aromatic rings. The molecule has 1 N–H and O–H groups in total. The smallest absolute Gasteiger partial charge is 0.472 e. The highest BCUT2D eigenvalue weighted by molar-refractivity contribution is 5.89. The highest BCUT2D eigenvalue weighted by atomic mass is 19.4. The van der Waals surface area contributed by atoms with E-state index in [2.05, 4.69) is 20.1 Å². The highest BCUT2D eigenvalue weighted by Gasteiger charge is 2.31. The van der Waals surface area contributed by atoms with Gasteiger partial charge in [-0.1, -0.05) is 36.3 Å². The molecule has 0 unspecified atom stereocenters. The first kappa shape index (κ1) is 25.3. The van der Waals surface area contributed by atoms with Crippen LogP contribution in [0.2, 0.25) is 0 Å². The molecule has 1 heterocycles. The van der Waals surface area contributed by atoms with Gasteiger partial charge in [-0.15, -0.1) is 13.2 Å². The van der Waals surface area contributed by atoms with Crippen molar-refractivity contribution in [2.24, 2.45) is 5.92 Å². The second kappa shape index (κ2) is 11.2. The van der Waals surface area contributed by atoms with Crippen LogP contribution < -0.4 is 9.47 Å². The summed E-state index contributed by atoms with van der Waals surface area (Å²) < 4.78 is 56.7. The van der Waals surface area contributed by atoms with E-state index in [0.717, 1.165) is 18.4 Å². The molecule has 0 aliphatic heterocycles. The highest BCUT2D eigenvalue weighted by Crippen LogP contribution is 2.35. The molecule has 1 saturated carbocycles. The van der Waals surface area contributed by atoms with E-state index >= 15 is 0 Å². The van der Waals surface area contributed by atoms with E-state index in [0.29, 0.717) is 12.8 Å². The number of aromatic nitrogens is 3. The third kappa shape index (κ3) is 7.35. The van der Waals surface area contributed by atoms with Crippen molar-refractivity contribution in [3.8, 4) is 11.6 Å². The normalized spacial score (nSPS) is 18.4. The molecule has 34 heavy (non-hydrogen) atoms. The van der Waals surface area contributed by atoms with Crippen LogP contribution in [0.15, 0.2) is 24.3 Å². The lowest BCUT2D eigenvalue weighted by atomic mass is 9.83. The van der Waals surface area contributed by atoms with Gasteiger partial charge in [0.15, 0.2) is 0 Å². The molecule has 3 rings (SSSR count). The number of carbonyl (C=O) groups is 2. The fourth-order valence-electron chi connectivity index (χ4n) is 3.56. The van der Waals surface area contributed by atoms with Crippen LogP contribution in [0.5, 0.6) is 11.6 Å². The molecule has 1 aromatic carbocycles. The molecular weight excluding hydrogens is 459 g/mol. The SMILES string of the molecule is CC(C)C(=O)OCCOC(=O)c1[nH]nnc1O[C@H]1CC[C@H](c2ccc(OC(F)(F)F)cc2)CC1. The largest absolute Gasteiger partial charge is 0.573 e. The lowest BCUT2D eigenvalue weighted by Crippen LogP contribution is -2.24. The summed E-state index contributed by atoms with van der Waals surface area (Å²) in [5.74, 6) is -1.43. The monoisotopic (exact) mass is 485 g/mol. The first-order valence-electron chi connectivity index (χ1n) is 10.9. The van der Waals surface area contributed by atoms with Crippen molar-refractivity contribution < 1.29 is 41.7 Å². The summed E-state index contributed by atoms with van der Waals surface area (Å²) in [6.07, 6.45) is -2.08. The number of halogens is 3. The molecule has 1 aromatic heterocycles. The fraction of sp³-hybridized carbons (Fsp3) is 0.545. The second-order valence-electron chi connectivity index (χ2n) is 8.16. The Hall–Kier alpha value is -3.31. The van der Waals surface area contributed by atoms with Gasteiger partial charge in [-0.25, -0.2) is 9.89 Å². The predicted molar refractivity (Wildman–Crippen MR) is 111 cm³/mol. The molecule has 0 spiro atoms. The molecular formula is C22H26F3N3O6. The first-order valence-corrected chi connectivity index (χ1v) is 10.9.